The molecular formula is C9H17N3O3. The SMILES string of the molecule is CCCC[N+]1(CC)C=CN=C1.O=[N+]([O-])[O-]. The molecule has 0 aromatic rings. The molecule has 1 atom stereocenters. The van der Waals surface area contributed by atoms with Crippen molar-refractivity contribution in [3.05, 3.63) is 27.7 Å². The Hall–Kier alpha value is -1.43. The molecule has 0 amide bonds. The van der Waals surface area contributed by atoms with Crippen LogP contribution in [0.3, 0.4) is 0 Å². The van der Waals surface area contributed by atoms with E-state index in [0.717, 1.165) is 11.0 Å². The van der Waals surface area contributed by atoms with E-state index in [4.69, 9.17) is 15.3 Å². The zero-order chi connectivity index (χ0) is 11.7. The van der Waals surface area contributed by atoms with Crippen LogP contribution in [0.1, 0.15) is 26.7 Å². The Morgan fingerprint density at radius 1 is 1.40 bits per heavy atom. The lowest BCUT2D eigenvalue weighted by Gasteiger charge is -2.25. The lowest BCUT2D eigenvalue weighted by molar-refractivity contribution is -0.777. The minimum absolute atomic E-state index is 0.952. The van der Waals surface area contributed by atoms with Crippen molar-refractivity contribution in [2.45, 2.75) is 26.7 Å². The van der Waals surface area contributed by atoms with E-state index in [2.05, 4.69) is 25.0 Å². The van der Waals surface area contributed by atoms with Crippen molar-refractivity contribution in [1.82, 2.24) is 0 Å². The van der Waals surface area contributed by atoms with Gasteiger partial charge in [-0.05, 0) is 13.3 Å². The van der Waals surface area contributed by atoms with Crippen LogP contribution in [0.4, 0.5) is 0 Å². The van der Waals surface area contributed by atoms with Gasteiger partial charge in [0.2, 0.25) is 0 Å². The number of hydrogen-bond donors (Lipinski definition) is 0. The van der Waals surface area contributed by atoms with Crippen LogP contribution in [0.2, 0.25) is 0 Å². The second-order valence-corrected chi connectivity index (χ2v) is 3.28. The molecule has 1 rings (SSSR count). The van der Waals surface area contributed by atoms with Crippen LogP contribution in [0.25, 0.3) is 0 Å². The van der Waals surface area contributed by atoms with Gasteiger partial charge in [-0.25, -0.2) is 4.99 Å². The summed E-state index contributed by atoms with van der Waals surface area (Å²) in [5.74, 6) is 0. The van der Waals surface area contributed by atoms with Gasteiger partial charge >= 0.3 is 0 Å². The van der Waals surface area contributed by atoms with Gasteiger partial charge < -0.3 is 15.3 Å². The number of rotatable bonds is 4. The van der Waals surface area contributed by atoms with Crippen molar-refractivity contribution >= 4 is 6.34 Å². The van der Waals surface area contributed by atoms with Crippen LogP contribution >= 0.6 is 0 Å². The molecule has 6 heteroatoms. The highest BCUT2D eigenvalue weighted by atomic mass is 16.9. The summed E-state index contributed by atoms with van der Waals surface area (Å²) in [5, 5.41) is 14.8. The molecule has 0 bridgehead atoms. The smallest absolute Gasteiger partial charge is 0.194 e. The van der Waals surface area contributed by atoms with Gasteiger partial charge in [0.25, 0.3) is 0 Å². The molecule has 1 unspecified atom stereocenters. The number of nitrogens with zero attached hydrogens (tertiary/aromatic N) is 3. The molecule has 0 saturated carbocycles. The molecule has 0 saturated heterocycles. The quantitative estimate of drug-likeness (QED) is 0.408. The first-order valence-electron chi connectivity index (χ1n) is 4.96. The van der Waals surface area contributed by atoms with Gasteiger partial charge in [0.05, 0.1) is 24.4 Å². The highest BCUT2D eigenvalue weighted by Gasteiger charge is 2.21. The van der Waals surface area contributed by atoms with E-state index < -0.39 is 5.09 Å². The maximum Gasteiger partial charge on any atom is 0.194 e. The van der Waals surface area contributed by atoms with Gasteiger partial charge in [-0.2, -0.15) is 0 Å². The molecule has 1 heterocycles. The van der Waals surface area contributed by atoms with Crippen molar-refractivity contribution in [2.75, 3.05) is 13.1 Å². The third-order valence-corrected chi connectivity index (χ3v) is 2.26. The third kappa shape index (κ3) is 5.79. The number of aliphatic imine (C=N–C) groups is 1. The zero-order valence-electron chi connectivity index (χ0n) is 9.13. The zero-order valence-corrected chi connectivity index (χ0v) is 9.13. The summed E-state index contributed by atoms with van der Waals surface area (Å²) < 4.78 is 0.952. The molecule has 1 aliphatic heterocycles. The highest BCUT2D eigenvalue weighted by Crippen LogP contribution is 2.11. The molecule has 0 aromatic carbocycles. The standard InChI is InChI=1S/C9H17N2.NO3/c1-3-5-7-11(4-2)8-6-10-9-11;2-1(3)4/h6,8-9H,3-5,7H2,1-2H3;/q+1;-1. The third-order valence-electron chi connectivity index (χ3n) is 2.26. The van der Waals surface area contributed by atoms with Crippen LogP contribution in [-0.2, 0) is 0 Å². The summed E-state index contributed by atoms with van der Waals surface area (Å²) >= 11 is 0. The van der Waals surface area contributed by atoms with Gasteiger partial charge in [-0.15, -0.1) is 0 Å². The van der Waals surface area contributed by atoms with Gasteiger partial charge in [0.15, 0.2) is 6.34 Å². The van der Waals surface area contributed by atoms with E-state index in [1.165, 1.54) is 19.4 Å². The molecular weight excluding hydrogens is 198 g/mol. The second kappa shape index (κ2) is 6.94. The van der Waals surface area contributed by atoms with Crippen molar-refractivity contribution in [1.29, 1.82) is 0 Å². The Kier molecular flexibility index (Phi) is 6.28. The van der Waals surface area contributed by atoms with Crippen molar-refractivity contribution < 1.29 is 9.57 Å². The van der Waals surface area contributed by atoms with Gasteiger partial charge in [-0.1, -0.05) is 13.3 Å². The molecule has 6 nitrogen and oxygen atoms in total. The molecule has 0 aliphatic carbocycles. The molecule has 0 fully saturated rings. The van der Waals surface area contributed by atoms with Crippen molar-refractivity contribution in [3.8, 4) is 0 Å². The lowest BCUT2D eigenvalue weighted by atomic mass is 10.3. The normalized spacial score (nSPS) is 22.3. The van der Waals surface area contributed by atoms with E-state index in [0.29, 0.717) is 0 Å². The van der Waals surface area contributed by atoms with Gasteiger partial charge in [0.1, 0.15) is 6.20 Å². The fraction of sp³-hybridized carbons (Fsp3) is 0.667. The maximum absolute atomic E-state index is 8.25. The van der Waals surface area contributed by atoms with Crippen LogP contribution in [0, 0.1) is 15.3 Å². The van der Waals surface area contributed by atoms with Gasteiger partial charge in [0, 0.05) is 0 Å². The molecule has 86 valence electrons. The topological polar surface area (TPSA) is 78.6 Å². The Bertz CT molecular complexity index is 235. The average Bonchev–Trinajstić information content (AvgIpc) is 2.63. The predicted molar refractivity (Wildman–Crippen MR) is 58.6 cm³/mol. The maximum atomic E-state index is 8.25. The van der Waals surface area contributed by atoms with Crippen LogP contribution in [-0.4, -0.2) is 29.0 Å². The summed E-state index contributed by atoms with van der Waals surface area (Å²) in [5.41, 5.74) is 0. The first-order valence-corrected chi connectivity index (χ1v) is 4.96. The summed E-state index contributed by atoms with van der Waals surface area (Å²) in [6.07, 6.45) is 8.66. The summed E-state index contributed by atoms with van der Waals surface area (Å²) in [4.78, 5) is 12.4. The Morgan fingerprint density at radius 2 is 2.00 bits per heavy atom. The van der Waals surface area contributed by atoms with Crippen molar-refractivity contribution in [3.63, 3.8) is 0 Å². The van der Waals surface area contributed by atoms with Crippen LogP contribution < -0.4 is 0 Å². The fourth-order valence-corrected chi connectivity index (χ4v) is 1.31. The van der Waals surface area contributed by atoms with E-state index in [9.17, 15) is 0 Å². The molecule has 0 radical (unpaired) electrons. The Morgan fingerprint density at radius 3 is 2.33 bits per heavy atom. The number of quaternary nitrogens is 1. The van der Waals surface area contributed by atoms with Crippen LogP contribution in [0.5, 0.6) is 0 Å². The Labute approximate surface area is 89.2 Å². The first-order chi connectivity index (χ1) is 7.06. The average molecular weight is 215 g/mol. The van der Waals surface area contributed by atoms with Crippen LogP contribution in [0.15, 0.2) is 17.4 Å². The van der Waals surface area contributed by atoms with E-state index >= 15 is 0 Å². The molecule has 0 spiro atoms. The highest BCUT2D eigenvalue weighted by molar-refractivity contribution is 5.50. The van der Waals surface area contributed by atoms with E-state index in [1.807, 2.05) is 12.5 Å². The van der Waals surface area contributed by atoms with E-state index in [1.54, 1.807) is 0 Å². The van der Waals surface area contributed by atoms with Gasteiger partial charge in [-0.3, -0.25) is 4.48 Å². The largest absolute Gasteiger partial charge is 0.356 e. The van der Waals surface area contributed by atoms with Crippen molar-refractivity contribution in [2.24, 2.45) is 4.99 Å². The predicted octanol–water partition coefficient (Wildman–Crippen LogP) is 1.90. The number of unbranched alkanes of at least 4 members (excludes halogenated alkanes) is 1. The summed E-state index contributed by atoms with van der Waals surface area (Å²) in [6, 6.07) is 0. The molecule has 0 aromatic heterocycles. The monoisotopic (exact) mass is 215 g/mol. The molecule has 15 heavy (non-hydrogen) atoms. The summed E-state index contributed by atoms with van der Waals surface area (Å²) in [7, 11) is 0. The minimum atomic E-state index is -1.75. The molecule has 0 N–H and O–H groups in total. The summed E-state index contributed by atoms with van der Waals surface area (Å²) in [6.45, 7) is 6.76. The minimum Gasteiger partial charge on any atom is -0.356 e. The fourth-order valence-electron chi connectivity index (χ4n) is 1.31. The second-order valence-electron chi connectivity index (χ2n) is 3.28. The van der Waals surface area contributed by atoms with E-state index in [-0.39, 0.29) is 0 Å². The molecule has 1 aliphatic rings. The first kappa shape index (κ1) is 13.6. The Balaban J connectivity index is 0.000000423. The number of hydrogen-bond acceptors (Lipinski definition) is 4. The lowest BCUT2D eigenvalue weighted by Crippen LogP contribution is -2.40.